The van der Waals surface area contributed by atoms with Gasteiger partial charge in [0.1, 0.15) is 12.2 Å². The van der Waals surface area contributed by atoms with E-state index in [1.165, 1.54) is 0 Å². The summed E-state index contributed by atoms with van der Waals surface area (Å²) >= 11 is 0. The molecule has 132 valence electrons. The quantitative estimate of drug-likeness (QED) is 0.787. The standard InChI is InChI=1S/C16H22N8O/c25-15(10-19-13-2-3-14-20-12-21-24(14)11-13)22-6-8-23(9-7-22)16-17-4-1-5-18-16/h1,4-5,12-13,19H,2-3,6-11H2. The van der Waals surface area contributed by atoms with Crippen molar-refractivity contribution >= 4 is 11.9 Å². The maximum Gasteiger partial charge on any atom is 0.236 e. The van der Waals surface area contributed by atoms with Gasteiger partial charge in [0.2, 0.25) is 11.9 Å². The highest BCUT2D eigenvalue weighted by atomic mass is 16.2. The molecule has 0 saturated carbocycles. The molecule has 4 rings (SSSR count). The van der Waals surface area contributed by atoms with Crippen LogP contribution in [0.15, 0.2) is 24.8 Å². The first kappa shape index (κ1) is 15.9. The normalized spacial score (nSPS) is 20.4. The zero-order valence-corrected chi connectivity index (χ0v) is 14.1. The molecule has 1 saturated heterocycles. The third-order valence-electron chi connectivity index (χ3n) is 4.81. The van der Waals surface area contributed by atoms with Gasteiger partial charge in [0.25, 0.3) is 0 Å². The molecule has 0 aliphatic carbocycles. The number of fused-ring (bicyclic) bond motifs is 1. The van der Waals surface area contributed by atoms with E-state index in [1.54, 1.807) is 18.7 Å². The number of aryl methyl sites for hydroxylation is 1. The van der Waals surface area contributed by atoms with Crippen molar-refractivity contribution in [2.24, 2.45) is 0 Å². The van der Waals surface area contributed by atoms with Gasteiger partial charge in [0.05, 0.1) is 13.1 Å². The van der Waals surface area contributed by atoms with Crippen molar-refractivity contribution in [1.29, 1.82) is 0 Å². The number of hydrogen-bond acceptors (Lipinski definition) is 7. The summed E-state index contributed by atoms with van der Waals surface area (Å²) in [5.74, 6) is 1.92. The molecule has 2 aliphatic rings. The molecule has 1 amide bonds. The van der Waals surface area contributed by atoms with Gasteiger partial charge in [-0.1, -0.05) is 0 Å². The van der Waals surface area contributed by atoms with Gasteiger partial charge >= 0.3 is 0 Å². The lowest BCUT2D eigenvalue weighted by Crippen LogP contribution is -2.52. The monoisotopic (exact) mass is 342 g/mol. The van der Waals surface area contributed by atoms with E-state index in [2.05, 4.69) is 30.3 Å². The average molecular weight is 342 g/mol. The number of carbonyl (C=O) groups excluding carboxylic acids is 1. The second kappa shape index (κ2) is 7.14. The Morgan fingerprint density at radius 1 is 1.16 bits per heavy atom. The number of nitrogens with one attached hydrogen (secondary N) is 1. The molecule has 0 spiro atoms. The zero-order valence-electron chi connectivity index (χ0n) is 14.1. The first-order valence-electron chi connectivity index (χ1n) is 8.69. The maximum atomic E-state index is 12.5. The number of anilines is 1. The molecule has 1 unspecified atom stereocenters. The summed E-state index contributed by atoms with van der Waals surface area (Å²) < 4.78 is 1.92. The molecule has 4 heterocycles. The summed E-state index contributed by atoms with van der Waals surface area (Å²) in [4.78, 5) is 29.3. The van der Waals surface area contributed by atoms with Crippen molar-refractivity contribution < 1.29 is 4.79 Å². The minimum absolute atomic E-state index is 0.151. The fourth-order valence-corrected chi connectivity index (χ4v) is 3.36. The number of aromatic nitrogens is 5. The van der Waals surface area contributed by atoms with Crippen LogP contribution in [0.5, 0.6) is 0 Å². The van der Waals surface area contributed by atoms with Crippen molar-refractivity contribution in [3.8, 4) is 0 Å². The van der Waals surface area contributed by atoms with Gasteiger partial charge in [-0.25, -0.2) is 19.6 Å². The summed E-state index contributed by atoms with van der Waals surface area (Å²) in [6, 6.07) is 2.08. The van der Waals surface area contributed by atoms with E-state index in [1.807, 2.05) is 15.6 Å². The number of hydrogen-bond donors (Lipinski definition) is 1. The predicted molar refractivity (Wildman–Crippen MR) is 91.0 cm³/mol. The number of amides is 1. The van der Waals surface area contributed by atoms with E-state index in [9.17, 15) is 4.79 Å². The highest BCUT2D eigenvalue weighted by Crippen LogP contribution is 2.12. The largest absolute Gasteiger partial charge is 0.338 e. The van der Waals surface area contributed by atoms with Crippen LogP contribution in [0.3, 0.4) is 0 Å². The minimum atomic E-state index is 0.151. The Kier molecular flexibility index (Phi) is 4.55. The molecule has 2 aliphatic heterocycles. The van der Waals surface area contributed by atoms with Crippen LogP contribution in [-0.4, -0.2) is 74.3 Å². The zero-order chi connectivity index (χ0) is 17.1. The molecule has 1 atom stereocenters. The number of carbonyl (C=O) groups is 1. The Balaban J connectivity index is 1.23. The number of piperazine rings is 1. The predicted octanol–water partition coefficient (Wildman–Crippen LogP) is -0.679. The van der Waals surface area contributed by atoms with Crippen LogP contribution in [0, 0.1) is 0 Å². The minimum Gasteiger partial charge on any atom is -0.338 e. The lowest BCUT2D eigenvalue weighted by Gasteiger charge is -2.35. The number of rotatable bonds is 4. The Morgan fingerprint density at radius 2 is 1.96 bits per heavy atom. The smallest absolute Gasteiger partial charge is 0.236 e. The molecule has 9 nitrogen and oxygen atoms in total. The van der Waals surface area contributed by atoms with Crippen LogP contribution in [0.4, 0.5) is 5.95 Å². The second-order valence-corrected chi connectivity index (χ2v) is 6.39. The van der Waals surface area contributed by atoms with Gasteiger partial charge in [-0.15, -0.1) is 0 Å². The summed E-state index contributed by atoms with van der Waals surface area (Å²) in [6.07, 6.45) is 6.98. The molecule has 9 heteroatoms. The van der Waals surface area contributed by atoms with E-state index in [0.29, 0.717) is 19.6 Å². The van der Waals surface area contributed by atoms with Crippen LogP contribution in [0.2, 0.25) is 0 Å². The Hall–Kier alpha value is -2.55. The molecular weight excluding hydrogens is 320 g/mol. The van der Waals surface area contributed by atoms with E-state index in [4.69, 9.17) is 0 Å². The van der Waals surface area contributed by atoms with Gasteiger partial charge in [-0.05, 0) is 12.5 Å². The van der Waals surface area contributed by atoms with Crippen molar-refractivity contribution in [3.63, 3.8) is 0 Å². The molecule has 2 aromatic heterocycles. The van der Waals surface area contributed by atoms with E-state index >= 15 is 0 Å². The Labute approximate surface area is 146 Å². The summed E-state index contributed by atoms with van der Waals surface area (Å²) in [5.41, 5.74) is 0. The lowest BCUT2D eigenvalue weighted by atomic mass is 10.1. The molecule has 1 fully saturated rings. The molecular formula is C16H22N8O. The average Bonchev–Trinajstić information content (AvgIpc) is 3.15. The van der Waals surface area contributed by atoms with Gasteiger partial charge in [0.15, 0.2) is 0 Å². The van der Waals surface area contributed by atoms with Crippen LogP contribution in [0.1, 0.15) is 12.2 Å². The second-order valence-electron chi connectivity index (χ2n) is 6.39. The summed E-state index contributed by atoms with van der Waals surface area (Å²) in [5, 5.41) is 7.59. The van der Waals surface area contributed by atoms with Crippen LogP contribution >= 0.6 is 0 Å². The molecule has 25 heavy (non-hydrogen) atoms. The first-order valence-corrected chi connectivity index (χ1v) is 8.69. The lowest BCUT2D eigenvalue weighted by molar-refractivity contribution is -0.130. The molecule has 1 N–H and O–H groups in total. The fourth-order valence-electron chi connectivity index (χ4n) is 3.36. The molecule has 2 aromatic rings. The summed E-state index contributed by atoms with van der Waals surface area (Å²) in [6.45, 7) is 4.09. The Bertz CT molecular complexity index is 710. The third-order valence-corrected chi connectivity index (χ3v) is 4.81. The SMILES string of the molecule is O=C(CNC1CCc2ncnn2C1)N1CCN(c2ncccn2)CC1. The van der Waals surface area contributed by atoms with Crippen molar-refractivity contribution in [2.45, 2.75) is 25.4 Å². The topological polar surface area (TPSA) is 92.1 Å². The Morgan fingerprint density at radius 3 is 2.76 bits per heavy atom. The number of nitrogens with zero attached hydrogens (tertiary/aromatic N) is 7. The molecule has 0 aromatic carbocycles. The molecule has 0 radical (unpaired) electrons. The van der Waals surface area contributed by atoms with Gasteiger partial charge < -0.3 is 15.1 Å². The van der Waals surface area contributed by atoms with E-state index in [0.717, 1.165) is 44.2 Å². The van der Waals surface area contributed by atoms with Crippen molar-refractivity contribution in [3.05, 3.63) is 30.6 Å². The summed E-state index contributed by atoms with van der Waals surface area (Å²) in [7, 11) is 0. The maximum absolute atomic E-state index is 12.5. The van der Waals surface area contributed by atoms with Crippen LogP contribution in [0.25, 0.3) is 0 Å². The highest BCUT2D eigenvalue weighted by Gasteiger charge is 2.24. The van der Waals surface area contributed by atoms with Crippen molar-refractivity contribution in [2.75, 3.05) is 37.6 Å². The van der Waals surface area contributed by atoms with E-state index < -0.39 is 0 Å². The van der Waals surface area contributed by atoms with Crippen LogP contribution in [-0.2, 0) is 17.8 Å². The highest BCUT2D eigenvalue weighted by molar-refractivity contribution is 5.78. The van der Waals surface area contributed by atoms with Gasteiger partial charge in [0, 0.05) is 51.0 Å². The van der Waals surface area contributed by atoms with E-state index in [-0.39, 0.29) is 11.9 Å². The third kappa shape index (κ3) is 3.60. The molecule has 0 bridgehead atoms. The van der Waals surface area contributed by atoms with Gasteiger partial charge in [-0.3, -0.25) is 4.79 Å². The van der Waals surface area contributed by atoms with Crippen molar-refractivity contribution in [1.82, 2.24) is 34.9 Å². The van der Waals surface area contributed by atoms with Crippen LogP contribution < -0.4 is 10.2 Å². The fraction of sp³-hybridized carbons (Fsp3) is 0.562. The van der Waals surface area contributed by atoms with Gasteiger partial charge in [-0.2, -0.15) is 5.10 Å². The first-order chi connectivity index (χ1) is 12.3.